The van der Waals surface area contributed by atoms with Crippen molar-refractivity contribution in [1.29, 1.82) is 0 Å². The molecule has 0 saturated carbocycles. The van der Waals surface area contributed by atoms with E-state index in [-0.39, 0.29) is 6.04 Å². The number of benzene rings is 1. The zero-order valence-corrected chi connectivity index (χ0v) is 12.0. The molecule has 3 aromatic rings. The third-order valence-corrected chi connectivity index (χ3v) is 4.25. The molecule has 0 radical (unpaired) electrons. The van der Waals surface area contributed by atoms with Crippen molar-refractivity contribution in [3.8, 4) is 0 Å². The van der Waals surface area contributed by atoms with Crippen molar-refractivity contribution in [2.24, 2.45) is 0 Å². The topological polar surface area (TPSA) is 24.9 Å². The number of nitrogens with one attached hydrogen (secondary N) is 1. The lowest BCUT2D eigenvalue weighted by molar-refractivity contribution is 0.880. The number of aromatic nitrogens is 1. The van der Waals surface area contributed by atoms with E-state index < -0.39 is 0 Å². The summed E-state index contributed by atoms with van der Waals surface area (Å²) >= 11 is 7.87. The molecule has 1 atom stereocenters. The summed E-state index contributed by atoms with van der Waals surface area (Å²) in [6.07, 6.45) is 1.92. The predicted molar refractivity (Wildman–Crippen MR) is 83.1 cm³/mol. The molecule has 0 saturated heterocycles. The van der Waals surface area contributed by atoms with E-state index in [9.17, 15) is 0 Å². The summed E-state index contributed by atoms with van der Waals surface area (Å²) in [5.74, 6) is 0. The molecule has 0 spiro atoms. The van der Waals surface area contributed by atoms with E-state index >= 15 is 0 Å². The zero-order chi connectivity index (χ0) is 13.2. The Balaban J connectivity index is 1.87. The van der Waals surface area contributed by atoms with Gasteiger partial charge in [-0.1, -0.05) is 23.7 Å². The summed E-state index contributed by atoms with van der Waals surface area (Å²) in [6, 6.07) is 12.2. The fraction of sp³-hybridized carbons (Fsp3) is 0.133. The molecular weight excluding hydrogens is 276 g/mol. The second-order valence-electron chi connectivity index (χ2n) is 4.42. The normalized spacial score (nSPS) is 12.5. The molecule has 2 heterocycles. The van der Waals surface area contributed by atoms with Crippen LogP contribution in [0.1, 0.15) is 18.5 Å². The molecule has 0 aliphatic heterocycles. The summed E-state index contributed by atoms with van der Waals surface area (Å²) in [6.45, 7) is 2.11. The van der Waals surface area contributed by atoms with Crippen LogP contribution in [0.4, 0.5) is 5.69 Å². The van der Waals surface area contributed by atoms with E-state index in [1.165, 1.54) is 4.70 Å². The molecule has 2 nitrogen and oxygen atoms in total. The highest BCUT2D eigenvalue weighted by Gasteiger charge is 2.09. The number of hydrogen-bond donors (Lipinski definition) is 1. The van der Waals surface area contributed by atoms with Gasteiger partial charge in [-0.05, 0) is 42.1 Å². The molecule has 19 heavy (non-hydrogen) atoms. The van der Waals surface area contributed by atoms with Crippen LogP contribution in [0.2, 0.25) is 5.02 Å². The van der Waals surface area contributed by atoms with E-state index in [2.05, 4.69) is 28.7 Å². The van der Waals surface area contributed by atoms with E-state index in [0.29, 0.717) is 0 Å². The maximum absolute atomic E-state index is 6.16. The molecule has 1 unspecified atom stereocenters. The molecule has 1 aromatic carbocycles. The number of para-hydroxylation sites is 1. The number of anilines is 1. The smallest absolute Gasteiger partial charge is 0.0809 e. The minimum Gasteiger partial charge on any atom is -0.377 e. The third kappa shape index (κ3) is 2.57. The van der Waals surface area contributed by atoms with E-state index in [1.54, 1.807) is 11.3 Å². The fourth-order valence-electron chi connectivity index (χ4n) is 1.99. The molecule has 1 N–H and O–H groups in total. The molecule has 0 aliphatic carbocycles. The number of nitrogens with zero attached hydrogens (tertiary/aromatic N) is 1. The first-order valence-corrected chi connectivity index (χ1v) is 7.34. The first-order valence-electron chi connectivity index (χ1n) is 6.08. The van der Waals surface area contributed by atoms with Crippen LogP contribution in [0.25, 0.3) is 10.2 Å². The van der Waals surface area contributed by atoms with Gasteiger partial charge in [0.25, 0.3) is 0 Å². The summed E-state index contributed by atoms with van der Waals surface area (Å²) < 4.78 is 1.21. The quantitative estimate of drug-likeness (QED) is 0.723. The van der Waals surface area contributed by atoms with Gasteiger partial charge in [0.1, 0.15) is 0 Å². The lowest BCUT2D eigenvalue weighted by atomic mass is 10.1. The van der Waals surface area contributed by atoms with Crippen molar-refractivity contribution in [2.45, 2.75) is 13.0 Å². The van der Waals surface area contributed by atoms with Gasteiger partial charge in [-0.15, -0.1) is 11.3 Å². The highest BCUT2D eigenvalue weighted by molar-refractivity contribution is 7.17. The Morgan fingerprint density at radius 2 is 2.11 bits per heavy atom. The Morgan fingerprint density at radius 1 is 1.26 bits per heavy atom. The largest absolute Gasteiger partial charge is 0.377 e. The number of hydrogen-bond acceptors (Lipinski definition) is 3. The molecule has 0 bridgehead atoms. The van der Waals surface area contributed by atoms with Gasteiger partial charge in [0.2, 0.25) is 0 Å². The van der Waals surface area contributed by atoms with Crippen LogP contribution in [0.3, 0.4) is 0 Å². The van der Waals surface area contributed by atoms with Gasteiger partial charge >= 0.3 is 0 Å². The van der Waals surface area contributed by atoms with Gasteiger partial charge in [-0.2, -0.15) is 0 Å². The molecule has 0 aliphatic rings. The molecule has 4 heteroatoms. The molecular formula is C15H13ClN2S. The summed E-state index contributed by atoms with van der Waals surface area (Å²) in [4.78, 5) is 4.46. The summed E-state index contributed by atoms with van der Waals surface area (Å²) in [7, 11) is 0. The Kier molecular flexibility index (Phi) is 3.40. The monoisotopic (exact) mass is 288 g/mol. The van der Waals surface area contributed by atoms with Crippen LogP contribution >= 0.6 is 22.9 Å². The van der Waals surface area contributed by atoms with E-state index in [4.69, 9.17) is 11.6 Å². The Bertz CT molecular complexity index is 708. The van der Waals surface area contributed by atoms with Crippen LogP contribution in [0.15, 0.2) is 48.0 Å². The number of halogens is 1. The predicted octanol–water partition coefficient (Wildman–Crippen LogP) is 5.12. The van der Waals surface area contributed by atoms with Crippen LogP contribution in [0, 0.1) is 0 Å². The lowest BCUT2D eigenvalue weighted by Crippen LogP contribution is -2.07. The maximum atomic E-state index is 6.16. The highest BCUT2D eigenvalue weighted by atomic mass is 35.5. The lowest BCUT2D eigenvalue weighted by Gasteiger charge is -2.16. The minimum atomic E-state index is 0.166. The van der Waals surface area contributed by atoms with E-state index in [0.717, 1.165) is 21.8 Å². The summed E-state index contributed by atoms with van der Waals surface area (Å²) in [5, 5.41) is 6.21. The van der Waals surface area contributed by atoms with Gasteiger partial charge < -0.3 is 5.32 Å². The first kappa shape index (κ1) is 12.5. The van der Waals surface area contributed by atoms with Crippen molar-refractivity contribution in [3.05, 3.63) is 58.6 Å². The second-order valence-corrected chi connectivity index (χ2v) is 5.77. The van der Waals surface area contributed by atoms with Crippen molar-refractivity contribution in [2.75, 3.05) is 5.32 Å². The van der Waals surface area contributed by atoms with Gasteiger partial charge in [0.15, 0.2) is 0 Å². The van der Waals surface area contributed by atoms with Crippen LogP contribution < -0.4 is 5.32 Å². The van der Waals surface area contributed by atoms with Crippen molar-refractivity contribution < 1.29 is 0 Å². The second kappa shape index (κ2) is 5.19. The van der Waals surface area contributed by atoms with Crippen molar-refractivity contribution in [1.82, 2.24) is 4.98 Å². The van der Waals surface area contributed by atoms with Gasteiger partial charge in [-0.25, -0.2) is 0 Å². The Labute approximate surface area is 121 Å². The average Bonchev–Trinajstić information content (AvgIpc) is 2.88. The molecule has 0 amide bonds. The first-order chi connectivity index (χ1) is 9.24. The molecule has 2 aromatic heterocycles. The number of rotatable bonds is 3. The van der Waals surface area contributed by atoms with Gasteiger partial charge in [0, 0.05) is 6.20 Å². The standard InChI is InChI=1S/C15H13ClN2S/c1-10(18-13-5-3-2-4-12(13)16)11-8-15-14(17-9-11)6-7-19-15/h2-10,18H,1H3. The molecule has 0 fully saturated rings. The van der Waals surface area contributed by atoms with Gasteiger partial charge in [-0.3, -0.25) is 4.98 Å². The fourth-order valence-corrected chi connectivity index (χ4v) is 2.97. The third-order valence-electron chi connectivity index (χ3n) is 3.07. The highest BCUT2D eigenvalue weighted by Crippen LogP contribution is 2.27. The minimum absolute atomic E-state index is 0.166. The van der Waals surface area contributed by atoms with E-state index in [1.807, 2.05) is 36.5 Å². The Morgan fingerprint density at radius 3 is 2.95 bits per heavy atom. The van der Waals surface area contributed by atoms with Gasteiger partial charge in [0.05, 0.1) is 27.0 Å². The average molecular weight is 289 g/mol. The van der Waals surface area contributed by atoms with Crippen molar-refractivity contribution >= 4 is 38.8 Å². The number of fused-ring (bicyclic) bond motifs is 1. The van der Waals surface area contributed by atoms with Crippen molar-refractivity contribution in [3.63, 3.8) is 0 Å². The number of pyridine rings is 1. The molecule has 3 rings (SSSR count). The summed E-state index contributed by atoms with van der Waals surface area (Å²) in [5.41, 5.74) is 3.16. The maximum Gasteiger partial charge on any atom is 0.0809 e. The zero-order valence-electron chi connectivity index (χ0n) is 10.4. The van der Waals surface area contributed by atoms with Crippen LogP contribution in [-0.4, -0.2) is 4.98 Å². The number of thiophene rings is 1. The SMILES string of the molecule is CC(Nc1ccccc1Cl)c1cnc2ccsc2c1. The molecule has 96 valence electrons. The Hall–Kier alpha value is -1.58. The van der Waals surface area contributed by atoms with Crippen LogP contribution in [0.5, 0.6) is 0 Å². The van der Waals surface area contributed by atoms with Crippen LogP contribution in [-0.2, 0) is 0 Å².